The van der Waals surface area contributed by atoms with Gasteiger partial charge in [0.2, 0.25) is 15.9 Å². The molecule has 1 amide bonds. The maximum atomic E-state index is 13.5. The fourth-order valence-corrected chi connectivity index (χ4v) is 7.41. The van der Waals surface area contributed by atoms with Crippen LogP contribution >= 0.6 is 11.3 Å². The number of rotatable bonds is 11. The molecule has 3 aromatic rings. The Labute approximate surface area is 236 Å². The number of hydrogen-bond acceptors (Lipinski definition) is 11. The van der Waals surface area contributed by atoms with Gasteiger partial charge in [0.15, 0.2) is 5.01 Å². The number of morpholine rings is 1. The van der Waals surface area contributed by atoms with E-state index >= 15 is 0 Å². The average Bonchev–Trinajstić information content (AvgIpc) is 3.35. The van der Waals surface area contributed by atoms with Crippen molar-refractivity contribution in [3.63, 3.8) is 0 Å². The molecule has 3 aliphatic rings. The van der Waals surface area contributed by atoms with Crippen molar-refractivity contribution in [2.45, 2.75) is 62.6 Å². The summed E-state index contributed by atoms with van der Waals surface area (Å²) in [5.41, 5.74) is 1.56. The van der Waals surface area contributed by atoms with Gasteiger partial charge in [-0.2, -0.15) is 0 Å². The van der Waals surface area contributed by atoms with Crippen molar-refractivity contribution >= 4 is 33.0 Å². The van der Waals surface area contributed by atoms with Crippen LogP contribution in [0.25, 0.3) is 10.6 Å². The molecular weight excluding hydrogens is 554 g/mol. The second-order valence-electron chi connectivity index (χ2n) is 10.3. The first-order valence-corrected chi connectivity index (χ1v) is 15.7. The molecule has 2 bridgehead atoms. The van der Waals surface area contributed by atoms with Gasteiger partial charge in [0.1, 0.15) is 5.69 Å². The van der Waals surface area contributed by atoms with Crippen molar-refractivity contribution in [3.05, 3.63) is 47.6 Å². The molecule has 14 heteroatoms. The molecule has 212 valence electrons. The zero-order valence-corrected chi connectivity index (χ0v) is 23.8. The number of nitrogens with one attached hydrogen (secondary N) is 2. The predicted molar refractivity (Wildman–Crippen MR) is 149 cm³/mol. The lowest BCUT2D eigenvalue weighted by atomic mass is 10.0. The number of aromatic nitrogens is 4. The topological polar surface area (TPSA) is 149 Å². The Hall–Kier alpha value is -3.20. The minimum absolute atomic E-state index is 0.126. The maximum Gasteiger partial charge on any atom is 0.280 e. The van der Waals surface area contributed by atoms with E-state index in [2.05, 4.69) is 41.8 Å². The Bertz CT molecular complexity index is 1500. The van der Waals surface area contributed by atoms with E-state index in [4.69, 9.17) is 9.47 Å². The van der Waals surface area contributed by atoms with Crippen molar-refractivity contribution in [3.8, 4) is 16.5 Å². The van der Waals surface area contributed by atoms with Gasteiger partial charge < -0.3 is 14.8 Å². The van der Waals surface area contributed by atoms with E-state index in [1.807, 2.05) is 6.92 Å². The zero-order valence-electron chi connectivity index (χ0n) is 22.2. The number of carbonyl (C=O) groups excluding carboxylic acids is 1. The molecule has 0 unspecified atom stereocenters. The Morgan fingerprint density at radius 1 is 1.27 bits per heavy atom. The van der Waals surface area contributed by atoms with Crippen LogP contribution < -0.4 is 14.8 Å². The zero-order chi connectivity index (χ0) is 27.9. The predicted octanol–water partition coefficient (Wildman–Crippen LogP) is 2.63. The van der Waals surface area contributed by atoms with Gasteiger partial charge in [-0.15, -0.1) is 11.3 Å². The summed E-state index contributed by atoms with van der Waals surface area (Å²) >= 11 is 1.21. The first-order valence-electron chi connectivity index (χ1n) is 13.4. The van der Waals surface area contributed by atoms with Crippen molar-refractivity contribution in [1.82, 2.24) is 30.2 Å². The number of amides is 1. The second kappa shape index (κ2) is 11.0. The fraction of sp³-hybridized carbons (Fsp3) is 0.500. The summed E-state index contributed by atoms with van der Waals surface area (Å²) in [6.45, 7) is 5.81. The van der Waals surface area contributed by atoms with E-state index in [0.717, 1.165) is 13.0 Å². The largest absolute Gasteiger partial charge is 0.477 e. The summed E-state index contributed by atoms with van der Waals surface area (Å²) in [5, 5.41) is 3.05. The molecule has 1 saturated carbocycles. The standard InChI is InChI=1S/C26H31N7O5S2/c1-3-37-23-12-27-10-21(30-23)22-11-29-26(39-22)25(34)31-24(15(2)33-13-18-9-17(33)14-38-18)20-8-16(6-7-28-20)32-40(35,36)19-4-5-19/h6-8,10-12,15,17-19,24H,3-5,9,13-14H2,1-2H3,(H,28,32)(H,31,34)/t15-,17-,18-,24-/m1/s1. The number of thiazole rings is 1. The van der Waals surface area contributed by atoms with Crippen molar-refractivity contribution in [2.75, 3.05) is 24.5 Å². The first kappa shape index (κ1) is 27.0. The van der Waals surface area contributed by atoms with Crippen LogP contribution in [-0.2, 0) is 14.8 Å². The molecule has 2 aliphatic heterocycles. The maximum absolute atomic E-state index is 13.5. The molecule has 0 radical (unpaired) electrons. The SMILES string of the molecule is CCOc1cncc(-c2cnc(C(=O)N[C@@H](c3cc(NS(=O)(=O)C4CC4)ccn3)[C@@H](C)N3C[C@H]4C[C@@H]3CO4)s2)n1. The number of pyridine rings is 1. The van der Waals surface area contributed by atoms with Gasteiger partial charge in [-0.1, -0.05) is 0 Å². The molecule has 6 rings (SSSR count). The van der Waals surface area contributed by atoms with E-state index in [1.54, 1.807) is 30.7 Å². The summed E-state index contributed by atoms with van der Waals surface area (Å²) in [6.07, 6.45) is 8.78. The summed E-state index contributed by atoms with van der Waals surface area (Å²) in [4.78, 5) is 34.1. The lowest BCUT2D eigenvalue weighted by Gasteiger charge is -2.37. The van der Waals surface area contributed by atoms with Crippen LogP contribution in [0.2, 0.25) is 0 Å². The Balaban J connectivity index is 1.25. The number of fused-ring (bicyclic) bond motifs is 2. The minimum Gasteiger partial charge on any atom is -0.477 e. The molecule has 0 spiro atoms. The summed E-state index contributed by atoms with van der Waals surface area (Å²) < 4.78 is 39.0. The van der Waals surface area contributed by atoms with Crippen molar-refractivity contribution < 1.29 is 22.7 Å². The highest BCUT2D eigenvalue weighted by Crippen LogP contribution is 2.35. The molecule has 1 aliphatic carbocycles. The second-order valence-corrected chi connectivity index (χ2v) is 13.2. The van der Waals surface area contributed by atoms with Crippen molar-refractivity contribution in [1.29, 1.82) is 0 Å². The fourth-order valence-electron chi connectivity index (χ4n) is 5.25. The molecule has 40 heavy (non-hydrogen) atoms. The quantitative estimate of drug-likeness (QED) is 0.344. The number of sulfonamides is 1. The normalized spacial score (nSPS) is 22.1. The number of carbonyl (C=O) groups is 1. The van der Waals surface area contributed by atoms with Gasteiger partial charge >= 0.3 is 0 Å². The van der Waals surface area contributed by atoms with Crippen LogP contribution in [0, 0.1) is 0 Å². The van der Waals surface area contributed by atoms with Crippen LogP contribution in [0.4, 0.5) is 5.69 Å². The smallest absolute Gasteiger partial charge is 0.280 e. The third-order valence-corrected chi connectivity index (χ3v) is 10.3. The Morgan fingerprint density at radius 3 is 2.85 bits per heavy atom. The van der Waals surface area contributed by atoms with Gasteiger partial charge in [0.25, 0.3) is 5.91 Å². The van der Waals surface area contributed by atoms with E-state index in [1.165, 1.54) is 17.5 Å². The molecule has 2 N–H and O–H groups in total. The number of nitrogens with zero attached hydrogens (tertiary/aromatic N) is 5. The molecule has 4 atom stereocenters. The van der Waals surface area contributed by atoms with Crippen LogP contribution in [0.15, 0.2) is 36.9 Å². The van der Waals surface area contributed by atoms with Gasteiger partial charge in [-0.05, 0) is 45.2 Å². The highest BCUT2D eigenvalue weighted by Gasteiger charge is 2.44. The third kappa shape index (κ3) is 5.66. The Kier molecular flexibility index (Phi) is 7.42. The van der Waals surface area contributed by atoms with Crippen LogP contribution in [-0.4, -0.2) is 82.4 Å². The van der Waals surface area contributed by atoms with E-state index < -0.39 is 16.1 Å². The first-order chi connectivity index (χ1) is 19.3. The van der Waals surface area contributed by atoms with E-state index in [0.29, 0.717) is 53.9 Å². The van der Waals surface area contributed by atoms with Gasteiger partial charge in [-0.3, -0.25) is 24.4 Å². The third-order valence-electron chi connectivity index (χ3n) is 7.41. The number of likely N-dealkylation sites (tertiary alicyclic amines) is 1. The van der Waals surface area contributed by atoms with Gasteiger partial charge in [-0.25, -0.2) is 18.4 Å². The van der Waals surface area contributed by atoms with Gasteiger partial charge in [0, 0.05) is 31.0 Å². The number of anilines is 1. The number of hydrogen-bond donors (Lipinski definition) is 2. The molecule has 0 aromatic carbocycles. The van der Waals surface area contributed by atoms with Crippen LogP contribution in [0.5, 0.6) is 5.88 Å². The van der Waals surface area contributed by atoms with Gasteiger partial charge in [0.05, 0.1) is 59.3 Å². The molecule has 2 saturated heterocycles. The van der Waals surface area contributed by atoms with Crippen LogP contribution in [0.3, 0.4) is 0 Å². The lowest BCUT2D eigenvalue weighted by molar-refractivity contribution is 0.00696. The molecular formula is C26H31N7O5S2. The van der Waals surface area contributed by atoms with E-state index in [-0.39, 0.29) is 34.4 Å². The highest BCUT2D eigenvalue weighted by molar-refractivity contribution is 7.93. The minimum atomic E-state index is -3.44. The van der Waals surface area contributed by atoms with E-state index in [9.17, 15) is 13.2 Å². The van der Waals surface area contributed by atoms with Crippen LogP contribution in [0.1, 0.15) is 54.6 Å². The number of ether oxygens (including phenoxy) is 2. The molecule has 5 heterocycles. The lowest BCUT2D eigenvalue weighted by Crippen LogP contribution is -2.49. The summed E-state index contributed by atoms with van der Waals surface area (Å²) in [6, 6.07) is 2.94. The van der Waals surface area contributed by atoms with Crippen molar-refractivity contribution in [2.24, 2.45) is 0 Å². The Morgan fingerprint density at radius 2 is 2.12 bits per heavy atom. The average molecular weight is 586 g/mol. The summed E-state index contributed by atoms with van der Waals surface area (Å²) in [7, 11) is -3.44. The molecule has 12 nitrogen and oxygen atoms in total. The monoisotopic (exact) mass is 585 g/mol. The molecule has 3 aromatic heterocycles. The highest BCUT2D eigenvalue weighted by atomic mass is 32.2. The molecule has 3 fully saturated rings. The summed E-state index contributed by atoms with van der Waals surface area (Å²) in [5.74, 6) is 0.0499.